The number of methoxy groups -OCH3 is 1. The minimum absolute atomic E-state index is 0.686. The van der Waals surface area contributed by atoms with Crippen LogP contribution in [0.15, 0.2) is 0 Å². The summed E-state index contributed by atoms with van der Waals surface area (Å²) in [5, 5.41) is 6.72. The lowest BCUT2D eigenvalue weighted by atomic mass is 10.2. The zero-order valence-electron chi connectivity index (χ0n) is 11.6. The number of nitrogens with one attached hydrogen (secondary N) is 2. The van der Waals surface area contributed by atoms with Crippen molar-refractivity contribution in [3.63, 3.8) is 0 Å². The van der Waals surface area contributed by atoms with Crippen LogP contribution in [0, 0.1) is 0 Å². The van der Waals surface area contributed by atoms with E-state index in [0.29, 0.717) is 13.2 Å². The van der Waals surface area contributed by atoms with Crippen molar-refractivity contribution >= 4 is 0 Å². The van der Waals surface area contributed by atoms with E-state index in [1.165, 1.54) is 25.7 Å². The van der Waals surface area contributed by atoms with Gasteiger partial charge in [-0.15, -0.1) is 0 Å². The van der Waals surface area contributed by atoms with Gasteiger partial charge < -0.3 is 20.1 Å². The molecule has 0 bridgehead atoms. The minimum Gasteiger partial charge on any atom is -0.382 e. The number of unbranched alkanes of at least 4 members (excludes halogenated alkanes) is 3. The van der Waals surface area contributed by atoms with Gasteiger partial charge in [0.15, 0.2) is 0 Å². The van der Waals surface area contributed by atoms with E-state index in [2.05, 4.69) is 17.6 Å². The van der Waals surface area contributed by atoms with Crippen molar-refractivity contribution < 1.29 is 9.47 Å². The summed E-state index contributed by atoms with van der Waals surface area (Å²) in [6.45, 7) is 8.62. The van der Waals surface area contributed by atoms with E-state index >= 15 is 0 Å². The highest BCUT2D eigenvalue weighted by Gasteiger charge is 1.91. The van der Waals surface area contributed by atoms with Crippen molar-refractivity contribution in [1.82, 2.24) is 10.6 Å². The van der Waals surface area contributed by atoms with E-state index in [1.807, 2.05) is 0 Å². The number of hydrogen-bond donors (Lipinski definition) is 2. The quantitative estimate of drug-likeness (QED) is 0.455. The standard InChI is InChI=1S/C13H30N2O2/c1-3-14-8-6-4-5-7-9-15-10-11-17-13-12-16-2/h14-15H,3-13H2,1-2H3. The second-order valence-electron chi connectivity index (χ2n) is 4.12. The van der Waals surface area contributed by atoms with Crippen LogP contribution in [0.25, 0.3) is 0 Å². The molecule has 0 aliphatic heterocycles. The average Bonchev–Trinajstić information content (AvgIpc) is 2.35. The largest absolute Gasteiger partial charge is 0.382 e. The molecule has 0 aromatic rings. The first kappa shape index (κ1) is 16.8. The fourth-order valence-corrected chi connectivity index (χ4v) is 1.54. The van der Waals surface area contributed by atoms with Crippen LogP contribution in [0.5, 0.6) is 0 Å². The molecule has 0 unspecified atom stereocenters. The summed E-state index contributed by atoms with van der Waals surface area (Å²) in [5.74, 6) is 0. The molecule has 0 saturated heterocycles. The molecule has 0 amide bonds. The summed E-state index contributed by atoms with van der Waals surface area (Å²) in [6.07, 6.45) is 5.22. The molecule has 0 fully saturated rings. The summed E-state index contributed by atoms with van der Waals surface area (Å²) in [6, 6.07) is 0. The Bertz CT molecular complexity index is 121. The zero-order chi connectivity index (χ0) is 12.6. The Labute approximate surface area is 106 Å². The van der Waals surface area contributed by atoms with E-state index in [1.54, 1.807) is 7.11 Å². The number of ether oxygens (including phenoxy) is 2. The Morgan fingerprint density at radius 1 is 0.765 bits per heavy atom. The van der Waals surface area contributed by atoms with E-state index in [4.69, 9.17) is 9.47 Å². The maximum Gasteiger partial charge on any atom is 0.0700 e. The topological polar surface area (TPSA) is 42.5 Å². The molecular weight excluding hydrogens is 216 g/mol. The van der Waals surface area contributed by atoms with Gasteiger partial charge in [0.2, 0.25) is 0 Å². The van der Waals surface area contributed by atoms with Gasteiger partial charge in [0.05, 0.1) is 19.8 Å². The maximum atomic E-state index is 5.35. The summed E-state index contributed by atoms with van der Waals surface area (Å²) in [4.78, 5) is 0. The van der Waals surface area contributed by atoms with Crippen LogP contribution in [0.1, 0.15) is 32.6 Å². The van der Waals surface area contributed by atoms with Gasteiger partial charge >= 0.3 is 0 Å². The molecule has 0 rings (SSSR count). The van der Waals surface area contributed by atoms with Crippen LogP contribution in [0.2, 0.25) is 0 Å². The van der Waals surface area contributed by atoms with E-state index in [9.17, 15) is 0 Å². The lowest BCUT2D eigenvalue weighted by Crippen LogP contribution is -2.21. The Hall–Kier alpha value is -0.160. The fourth-order valence-electron chi connectivity index (χ4n) is 1.54. The highest BCUT2D eigenvalue weighted by Crippen LogP contribution is 1.97. The summed E-state index contributed by atoms with van der Waals surface area (Å²) < 4.78 is 10.2. The van der Waals surface area contributed by atoms with Crippen LogP contribution in [0.3, 0.4) is 0 Å². The van der Waals surface area contributed by atoms with Gasteiger partial charge in [-0.1, -0.05) is 19.8 Å². The molecule has 4 heteroatoms. The SMILES string of the molecule is CCNCCCCCCNCCOCCOC. The van der Waals surface area contributed by atoms with Crippen molar-refractivity contribution in [3.8, 4) is 0 Å². The predicted molar refractivity (Wildman–Crippen MR) is 72.6 cm³/mol. The molecule has 2 N–H and O–H groups in total. The van der Waals surface area contributed by atoms with Gasteiger partial charge in [0.25, 0.3) is 0 Å². The van der Waals surface area contributed by atoms with Gasteiger partial charge in [-0.25, -0.2) is 0 Å². The van der Waals surface area contributed by atoms with Gasteiger partial charge in [-0.3, -0.25) is 0 Å². The van der Waals surface area contributed by atoms with Crippen molar-refractivity contribution in [2.75, 3.05) is 53.1 Å². The third-order valence-corrected chi connectivity index (χ3v) is 2.56. The van der Waals surface area contributed by atoms with Crippen LogP contribution in [-0.2, 0) is 9.47 Å². The zero-order valence-corrected chi connectivity index (χ0v) is 11.6. The van der Waals surface area contributed by atoms with Gasteiger partial charge in [-0.2, -0.15) is 0 Å². The lowest BCUT2D eigenvalue weighted by Gasteiger charge is -2.06. The Kier molecular flexibility index (Phi) is 15.7. The van der Waals surface area contributed by atoms with Crippen molar-refractivity contribution in [3.05, 3.63) is 0 Å². The van der Waals surface area contributed by atoms with Crippen molar-refractivity contribution in [1.29, 1.82) is 0 Å². The molecule has 17 heavy (non-hydrogen) atoms. The van der Waals surface area contributed by atoms with E-state index in [-0.39, 0.29) is 0 Å². The minimum atomic E-state index is 0.686. The molecular formula is C13H30N2O2. The summed E-state index contributed by atoms with van der Waals surface area (Å²) in [7, 11) is 1.69. The first-order valence-electron chi connectivity index (χ1n) is 6.90. The van der Waals surface area contributed by atoms with Crippen LogP contribution >= 0.6 is 0 Å². The van der Waals surface area contributed by atoms with Crippen molar-refractivity contribution in [2.24, 2.45) is 0 Å². The molecule has 104 valence electrons. The molecule has 4 nitrogen and oxygen atoms in total. The molecule has 0 aromatic carbocycles. The fraction of sp³-hybridized carbons (Fsp3) is 1.00. The van der Waals surface area contributed by atoms with Gasteiger partial charge in [-0.05, 0) is 32.5 Å². The monoisotopic (exact) mass is 246 g/mol. The van der Waals surface area contributed by atoms with Crippen LogP contribution in [0.4, 0.5) is 0 Å². The normalized spacial score (nSPS) is 10.9. The van der Waals surface area contributed by atoms with E-state index < -0.39 is 0 Å². The highest BCUT2D eigenvalue weighted by molar-refractivity contribution is 4.50. The average molecular weight is 246 g/mol. The van der Waals surface area contributed by atoms with Crippen LogP contribution < -0.4 is 10.6 Å². The molecule has 0 aliphatic carbocycles. The first-order chi connectivity index (χ1) is 8.41. The number of hydrogen-bond acceptors (Lipinski definition) is 4. The Morgan fingerprint density at radius 2 is 1.47 bits per heavy atom. The molecule has 0 heterocycles. The molecule has 0 atom stereocenters. The lowest BCUT2D eigenvalue weighted by molar-refractivity contribution is 0.0720. The summed E-state index contributed by atoms with van der Waals surface area (Å²) >= 11 is 0. The second kappa shape index (κ2) is 15.8. The van der Waals surface area contributed by atoms with Crippen LogP contribution in [-0.4, -0.2) is 53.1 Å². The van der Waals surface area contributed by atoms with Gasteiger partial charge in [0, 0.05) is 13.7 Å². The molecule has 0 aromatic heterocycles. The molecule has 0 aliphatic rings. The predicted octanol–water partition coefficient (Wildman–Crippen LogP) is 1.41. The Morgan fingerprint density at radius 3 is 2.12 bits per heavy atom. The smallest absolute Gasteiger partial charge is 0.0700 e. The molecule has 0 radical (unpaired) electrons. The molecule has 0 saturated carbocycles. The van der Waals surface area contributed by atoms with Crippen molar-refractivity contribution in [2.45, 2.75) is 32.6 Å². The van der Waals surface area contributed by atoms with Gasteiger partial charge in [0.1, 0.15) is 0 Å². The second-order valence-corrected chi connectivity index (χ2v) is 4.12. The van der Waals surface area contributed by atoms with E-state index in [0.717, 1.165) is 32.8 Å². The third kappa shape index (κ3) is 15.8. The Balaban J connectivity index is 2.85. The number of rotatable bonds is 14. The molecule has 0 spiro atoms. The maximum absolute atomic E-state index is 5.35. The first-order valence-corrected chi connectivity index (χ1v) is 6.90. The summed E-state index contributed by atoms with van der Waals surface area (Å²) in [5.41, 5.74) is 0. The third-order valence-electron chi connectivity index (χ3n) is 2.56. The highest BCUT2D eigenvalue weighted by atomic mass is 16.5.